The molecule has 0 atom stereocenters. The van der Waals surface area contributed by atoms with E-state index in [-0.39, 0.29) is 4.99 Å². The molecule has 70 valence electrons. The highest BCUT2D eigenvalue weighted by molar-refractivity contribution is 7.80. The maximum absolute atomic E-state index is 10.6. The van der Waals surface area contributed by atoms with Crippen molar-refractivity contribution in [2.45, 2.75) is 32.2 Å². The van der Waals surface area contributed by atoms with E-state index in [0.29, 0.717) is 12.8 Å². The molecule has 0 saturated carbocycles. The zero-order valence-corrected chi connectivity index (χ0v) is 8.20. The Bertz CT molecular complexity index is 189. The van der Waals surface area contributed by atoms with E-state index in [2.05, 4.69) is 5.32 Å². The molecule has 0 aliphatic carbocycles. The molecule has 0 aromatic heterocycles. The van der Waals surface area contributed by atoms with Gasteiger partial charge in [-0.2, -0.15) is 0 Å². The lowest BCUT2D eigenvalue weighted by Gasteiger charge is -2.30. The van der Waals surface area contributed by atoms with E-state index in [4.69, 9.17) is 23.7 Å². The normalized spacial score (nSPS) is 10.8. The van der Waals surface area contributed by atoms with Crippen molar-refractivity contribution in [3.05, 3.63) is 0 Å². The molecule has 12 heavy (non-hydrogen) atoms. The van der Waals surface area contributed by atoms with Crippen LogP contribution in [0.2, 0.25) is 0 Å². The summed E-state index contributed by atoms with van der Waals surface area (Å²) in [6.45, 7) is 3.80. The maximum Gasteiger partial charge on any atom is 0.312 e. The first-order valence-corrected chi connectivity index (χ1v) is 4.27. The van der Waals surface area contributed by atoms with Gasteiger partial charge in [0.2, 0.25) is 0 Å². The Morgan fingerprint density at radius 3 is 1.92 bits per heavy atom. The first-order valence-electron chi connectivity index (χ1n) is 3.86. The molecule has 0 spiro atoms. The molecule has 0 heterocycles. The molecule has 0 bridgehead atoms. The minimum Gasteiger partial charge on any atom is -0.391 e. The first-order chi connectivity index (χ1) is 5.48. The summed E-state index contributed by atoms with van der Waals surface area (Å²) in [5, 5.41) is 2.56. The van der Waals surface area contributed by atoms with E-state index in [1.807, 2.05) is 13.8 Å². The molecule has 0 unspecified atom stereocenters. The molecule has 0 saturated heterocycles. The summed E-state index contributed by atoms with van der Waals surface area (Å²) in [5.41, 5.74) is 9.89. The molecule has 0 rings (SSSR count). The number of nitrogens with one attached hydrogen (secondary N) is 1. The fraction of sp³-hybridized carbons (Fsp3) is 0.714. The van der Waals surface area contributed by atoms with Crippen LogP contribution in [0.25, 0.3) is 0 Å². The van der Waals surface area contributed by atoms with Crippen molar-refractivity contribution in [2.24, 2.45) is 11.5 Å². The summed E-state index contributed by atoms with van der Waals surface area (Å²) >= 11 is 4.85. The van der Waals surface area contributed by atoms with Gasteiger partial charge in [-0.15, -0.1) is 0 Å². The minimum atomic E-state index is -0.610. The summed E-state index contributed by atoms with van der Waals surface area (Å²) in [6, 6.07) is -0.591. The second-order valence-electron chi connectivity index (χ2n) is 2.64. The van der Waals surface area contributed by atoms with E-state index < -0.39 is 11.6 Å². The van der Waals surface area contributed by atoms with Crippen LogP contribution in [0.1, 0.15) is 26.7 Å². The van der Waals surface area contributed by atoms with Crippen LogP contribution in [0.5, 0.6) is 0 Å². The summed E-state index contributed by atoms with van der Waals surface area (Å²) < 4.78 is 0. The third kappa shape index (κ3) is 2.34. The minimum absolute atomic E-state index is 0.284. The number of urea groups is 1. The first kappa shape index (κ1) is 11.2. The van der Waals surface area contributed by atoms with Crippen LogP contribution in [0.3, 0.4) is 0 Å². The van der Waals surface area contributed by atoms with E-state index in [0.717, 1.165) is 0 Å². The van der Waals surface area contributed by atoms with Gasteiger partial charge in [-0.3, -0.25) is 0 Å². The molecule has 0 fully saturated rings. The molecule has 0 aromatic carbocycles. The van der Waals surface area contributed by atoms with E-state index in [9.17, 15) is 4.79 Å². The van der Waals surface area contributed by atoms with Gasteiger partial charge in [0.1, 0.15) is 0 Å². The van der Waals surface area contributed by atoms with Crippen molar-refractivity contribution in [2.75, 3.05) is 0 Å². The number of rotatable bonds is 4. The molecule has 0 aliphatic rings. The highest BCUT2D eigenvalue weighted by Crippen LogP contribution is 2.14. The number of carbonyl (C=O) groups is 1. The van der Waals surface area contributed by atoms with Crippen molar-refractivity contribution >= 4 is 23.2 Å². The number of thiocarbonyl (C=S) groups is 1. The van der Waals surface area contributed by atoms with Gasteiger partial charge in [0.05, 0.1) is 10.5 Å². The fourth-order valence-corrected chi connectivity index (χ4v) is 1.41. The van der Waals surface area contributed by atoms with Crippen LogP contribution >= 0.6 is 12.2 Å². The highest BCUT2D eigenvalue weighted by atomic mass is 32.1. The predicted octanol–water partition coefficient (Wildman–Crippen LogP) is 0.500. The zero-order chi connectivity index (χ0) is 9.78. The third-order valence-electron chi connectivity index (χ3n) is 2.04. The van der Waals surface area contributed by atoms with Crippen molar-refractivity contribution < 1.29 is 4.79 Å². The molecule has 0 aliphatic heterocycles. The van der Waals surface area contributed by atoms with Crippen molar-refractivity contribution in [1.82, 2.24) is 5.32 Å². The Labute approximate surface area is 77.7 Å². The Hall–Kier alpha value is -0.840. The van der Waals surface area contributed by atoms with Gasteiger partial charge in [0.15, 0.2) is 0 Å². The van der Waals surface area contributed by atoms with Gasteiger partial charge in [-0.1, -0.05) is 26.1 Å². The van der Waals surface area contributed by atoms with Crippen LogP contribution in [0.15, 0.2) is 0 Å². The lowest BCUT2D eigenvalue weighted by molar-refractivity contribution is 0.240. The van der Waals surface area contributed by atoms with E-state index in [1.165, 1.54) is 0 Å². The number of primary amides is 1. The van der Waals surface area contributed by atoms with E-state index in [1.54, 1.807) is 0 Å². The van der Waals surface area contributed by atoms with Gasteiger partial charge in [0, 0.05) is 0 Å². The monoisotopic (exact) mass is 189 g/mol. The predicted molar refractivity (Wildman–Crippen MR) is 52.8 cm³/mol. The fourth-order valence-electron chi connectivity index (χ4n) is 1.07. The van der Waals surface area contributed by atoms with Crippen LogP contribution < -0.4 is 16.8 Å². The van der Waals surface area contributed by atoms with Crippen LogP contribution in [-0.2, 0) is 0 Å². The van der Waals surface area contributed by atoms with Gasteiger partial charge in [-0.05, 0) is 12.8 Å². The van der Waals surface area contributed by atoms with Gasteiger partial charge in [-0.25, -0.2) is 4.79 Å². The number of carbonyl (C=O) groups excluding carboxylic acids is 1. The summed E-state index contributed by atoms with van der Waals surface area (Å²) in [7, 11) is 0. The average Bonchev–Trinajstić information content (AvgIpc) is 1.99. The number of hydrogen-bond donors (Lipinski definition) is 3. The quantitative estimate of drug-likeness (QED) is 0.563. The topological polar surface area (TPSA) is 81.1 Å². The average molecular weight is 189 g/mol. The van der Waals surface area contributed by atoms with Gasteiger partial charge in [0.25, 0.3) is 0 Å². The third-order valence-corrected chi connectivity index (χ3v) is 2.43. The maximum atomic E-state index is 10.6. The molecule has 2 amide bonds. The zero-order valence-electron chi connectivity index (χ0n) is 7.39. The Morgan fingerprint density at radius 2 is 1.83 bits per heavy atom. The second kappa shape index (κ2) is 4.25. The summed E-state index contributed by atoms with van der Waals surface area (Å²) in [6.07, 6.45) is 1.31. The van der Waals surface area contributed by atoms with Crippen molar-refractivity contribution in [1.29, 1.82) is 0 Å². The van der Waals surface area contributed by atoms with Crippen LogP contribution in [0.4, 0.5) is 4.79 Å². The lowest BCUT2D eigenvalue weighted by Crippen LogP contribution is -2.57. The molecule has 0 aromatic rings. The van der Waals surface area contributed by atoms with E-state index >= 15 is 0 Å². The SMILES string of the molecule is CCC(CC)(NC(N)=O)C(N)=S. The van der Waals surface area contributed by atoms with Gasteiger partial charge < -0.3 is 16.8 Å². The second-order valence-corrected chi connectivity index (χ2v) is 3.08. The molecular formula is C7H15N3OS. The van der Waals surface area contributed by atoms with Crippen LogP contribution in [-0.4, -0.2) is 16.6 Å². The Kier molecular flexibility index (Phi) is 3.95. The number of hydrogen-bond acceptors (Lipinski definition) is 2. The number of nitrogens with two attached hydrogens (primary N) is 2. The molecular weight excluding hydrogens is 174 g/mol. The number of amides is 2. The van der Waals surface area contributed by atoms with Crippen LogP contribution in [0, 0.1) is 0 Å². The van der Waals surface area contributed by atoms with Crippen molar-refractivity contribution in [3.8, 4) is 0 Å². The Morgan fingerprint density at radius 1 is 1.42 bits per heavy atom. The molecule has 0 radical (unpaired) electrons. The van der Waals surface area contributed by atoms with Crippen molar-refractivity contribution in [3.63, 3.8) is 0 Å². The highest BCUT2D eigenvalue weighted by Gasteiger charge is 2.30. The largest absolute Gasteiger partial charge is 0.391 e. The Balaban J connectivity index is 4.58. The summed E-state index contributed by atoms with van der Waals surface area (Å²) in [5.74, 6) is 0. The molecule has 5 heteroatoms. The van der Waals surface area contributed by atoms with Gasteiger partial charge >= 0.3 is 6.03 Å². The lowest BCUT2D eigenvalue weighted by atomic mass is 9.93. The molecule has 5 N–H and O–H groups in total. The summed E-state index contributed by atoms with van der Waals surface area (Å²) in [4.78, 5) is 10.9. The smallest absolute Gasteiger partial charge is 0.312 e. The molecule has 4 nitrogen and oxygen atoms in total. The standard InChI is InChI=1S/C7H15N3OS/c1-3-7(4-2,5(8)12)10-6(9)11/h3-4H2,1-2H3,(H2,8,12)(H3,9,10,11).